The molecule has 0 spiro atoms. The normalized spacial score (nSPS) is 21.7. The molecule has 1 saturated heterocycles. The number of aromatic nitrogens is 3. The number of hydrogen-bond acceptors (Lipinski definition) is 7. The largest absolute Gasteiger partial charge is 0.467 e. The van der Waals surface area contributed by atoms with Gasteiger partial charge in [0, 0.05) is 61.1 Å². The molecule has 35 heavy (non-hydrogen) atoms. The molecule has 1 saturated carbocycles. The fourth-order valence-corrected chi connectivity index (χ4v) is 5.26. The Bertz CT molecular complexity index is 1190. The van der Waals surface area contributed by atoms with Gasteiger partial charge < -0.3 is 19.8 Å². The number of aromatic amines is 1. The predicted octanol–water partition coefficient (Wildman–Crippen LogP) is 3.58. The van der Waals surface area contributed by atoms with E-state index in [1.165, 1.54) is 12.8 Å². The van der Waals surface area contributed by atoms with Crippen LogP contribution in [0.3, 0.4) is 0 Å². The van der Waals surface area contributed by atoms with E-state index in [0.717, 1.165) is 78.4 Å². The summed E-state index contributed by atoms with van der Waals surface area (Å²) >= 11 is 0. The van der Waals surface area contributed by atoms with Crippen LogP contribution in [0.1, 0.15) is 31.2 Å². The van der Waals surface area contributed by atoms with Crippen molar-refractivity contribution >= 4 is 29.3 Å². The lowest BCUT2D eigenvalue weighted by Gasteiger charge is -2.39. The highest BCUT2D eigenvalue weighted by Crippen LogP contribution is 2.33. The van der Waals surface area contributed by atoms with Gasteiger partial charge in [0.1, 0.15) is 11.7 Å². The Balaban J connectivity index is 1.37. The zero-order chi connectivity index (χ0) is 24.2. The lowest BCUT2D eigenvalue weighted by molar-refractivity contribution is 0.00704. The predicted molar refractivity (Wildman–Crippen MR) is 139 cm³/mol. The maximum absolute atomic E-state index is 5.52. The highest BCUT2D eigenvalue weighted by molar-refractivity contribution is 6.14. The molecule has 2 fully saturated rings. The molecular weight excluding hydrogens is 442 g/mol. The first-order valence-corrected chi connectivity index (χ1v) is 12.2. The standard InChI is InChI=1S/C26H33N7O2/c1-27-24(31-19-5-7-20(8-6-19)33-10-12-35-13-11-33)23-21-14-17(4-9-22(21)32-25(23)28-2)18-15-29-26(34-3)30-16-18/h4,9,14-16,19-20,32H,2,5-8,10-13H2,1,3H3,(H,27,31). The van der Waals surface area contributed by atoms with E-state index in [9.17, 15) is 0 Å². The second-order valence-corrected chi connectivity index (χ2v) is 9.10. The molecule has 1 aliphatic carbocycles. The molecule has 2 aromatic heterocycles. The van der Waals surface area contributed by atoms with Crippen LogP contribution >= 0.6 is 0 Å². The number of nitrogens with one attached hydrogen (secondary N) is 2. The Hall–Kier alpha value is -3.30. The Morgan fingerprint density at radius 3 is 2.54 bits per heavy atom. The lowest BCUT2D eigenvalue weighted by Crippen LogP contribution is -2.47. The van der Waals surface area contributed by atoms with E-state index in [1.54, 1.807) is 19.5 Å². The second-order valence-electron chi connectivity index (χ2n) is 9.10. The SMILES string of the molecule is C=Nc1[nH]c2ccc(-c3cnc(OC)nc3)cc2c1/C(=N\C)NC1CCC(N2CCOCC2)CC1. The molecule has 0 atom stereocenters. The number of aliphatic imine (C=N–C) groups is 2. The number of morpholine rings is 1. The number of benzene rings is 1. The Morgan fingerprint density at radius 2 is 1.89 bits per heavy atom. The number of rotatable bonds is 6. The lowest BCUT2D eigenvalue weighted by atomic mass is 9.89. The van der Waals surface area contributed by atoms with Crippen LogP contribution in [-0.2, 0) is 4.74 Å². The molecule has 9 heteroatoms. The summed E-state index contributed by atoms with van der Waals surface area (Å²) in [6, 6.07) is 7.61. The summed E-state index contributed by atoms with van der Waals surface area (Å²) in [6.45, 7) is 7.61. The van der Waals surface area contributed by atoms with Gasteiger partial charge in [0.2, 0.25) is 0 Å². The van der Waals surface area contributed by atoms with E-state index < -0.39 is 0 Å². The molecule has 1 aliphatic heterocycles. The molecule has 0 bridgehead atoms. The first-order chi connectivity index (χ1) is 17.2. The molecule has 3 aromatic rings. The summed E-state index contributed by atoms with van der Waals surface area (Å²) in [7, 11) is 3.39. The zero-order valence-electron chi connectivity index (χ0n) is 20.5. The Kier molecular flexibility index (Phi) is 7.06. The molecule has 9 nitrogen and oxygen atoms in total. The van der Waals surface area contributed by atoms with Crippen molar-refractivity contribution in [1.29, 1.82) is 0 Å². The van der Waals surface area contributed by atoms with E-state index in [2.05, 4.69) is 47.9 Å². The number of H-pyrrole nitrogens is 1. The topological polar surface area (TPSA) is 100 Å². The van der Waals surface area contributed by atoms with Crippen molar-refractivity contribution in [2.45, 2.75) is 37.8 Å². The average molecular weight is 476 g/mol. The van der Waals surface area contributed by atoms with Gasteiger partial charge in [-0.15, -0.1) is 0 Å². The fraction of sp³-hybridized carbons (Fsp3) is 0.462. The van der Waals surface area contributed by atoms with E-state index in [4.69, 9.17) is 9.47 Å². The van der Waals surface area contributed by atoms with Crippen LogP contribution in [0.15, 0.2) is 40.6 Å². The highest BCUT2D eigenvalue weighted by atomic mass is 16.5. The summed E-state index contributed by atoms with van der Waals surface area (Å²) in [5.41, 5.74) is 3.86. The molecule has 5 rings (SSSR count). The number of fused-ring (bicyclic) bond motifs is 1. The van der Waals surface area contributed by atoms with Gasteiger partial charge in [0.05, 0.1) is 25.9 Å². The van der Waals surface area contributed by atoms with E-state index in [0.29, 0.717) is 18.1 Å². The number of amidine groups is 1. The van der Waals surface area contributed by atoms with Crippen LogP contribution in [0, 0.1) is 0 Å². The molecule has 2 N–H and O–H groups in total. The average Bonchev–Trinajstić information content (AvgIpc) is 3.30. The third-order valence-electron chi connectivity index (χ3n) is 7.14. The number of ether oxygens (including phenoxy) is 2. The van der Waals surface area contributed by atoms with Crippen molar-refractivity contribution in [3.63, 3.8) is 0 Å². The van der Waals surface area contributed by atoms with Crippen molar-refractivity contribution in [2.75, 3.05) is 40.5 Å². The molecule has 0 amide bonds. The summed E-state index contributed by atoms with van der Waals surface area (Å²) in [5, 5.41) is 4.77. The van der Waals surface area contributed by atoms with Crippen molar-refractivity contribution < 1.29 is 9.47 Å². The van der Waals surface area contributed by atoms with E-state index >= 15 is 0 Å². The summed E-state index contributed by atoms with van der Waals surface area (Å²) in [6.07, 6.45) is 8.16. The monoisotopic (exact) mass is 475 g/mol. The van der Waals surface area contributed by atoms with Gasteiger partial charge in [-0.1, -0.05) is 6.07 Å². The van der Waals surface area contributed by atoms with Crippen LogP contribution in [0.25, 0.3) is 22.0 Å². The number of nitrogens with zero attached hydrogens (tertiary/aromatic N) is 5. The van der Waals surface area contributed by atoms with Crippen molar-refractivity contribution in [2.24, 2.45) is 9.98 Å². The van der Waals surface area contributed by atoms with Crippen LogP contribution in [-0.4, -0.2) is 84.9 Å². The molecule has 3 heterocycles. The van der Waals surface area contributed by atoms with Gasteiger partial charge in [0.15, 0.2) is 0 Å². The van der Waals surface area contributed by atoms with Crippen LogP contribution < -0.4 is 10.1 Å². The summed E-state index contributed by atoms with van der Waals surface area (Å²) in [5.74, 6) is 1.56. The van der Waals surface area contributed by atoms with Crippen molar-refractivity contribution in [1.82, 2.24) is 25.2 Å². The zero-order valence-corrected chi connectivity index (χ0v) is 20.5. The molecule has 1 aromatic carbocycles. The molecule has 2 aliphatic rings. The summed E-state index contributed by atoms with van der Waals surface area (Å²) in [4.78, 5) is 23.4. The molecule has 0 radical (unpaired) electrons. The van der Waals surface area contributed by atoms with Gasteiger partial charge in [-0.25, -0.2) is 15.0 Å². The minimum atomic E-state index is 0.350. The number of hydrogen-bond donors (Lipinski definition) is 2. The quantitative estimate of drug-likeness (QED) is 0.418. The second kappa shape index (κ2) is 10.5. The van der Waals surface area contributed by atoms with Gasteiger partial charge in [0.25, 0.3) is 0 Å². The first-order valence-electron chi connectivity index (χ1n) is 12.2. The van der Waals surface area contributed by atoms with Crippen molar-refractivity contribution in [3.8, 4) is 17.1 Å². The van der Waals surface area contributed by atoms with E-state index in [-0.39, 0.29) is 0 Å². The van der Waals surface area contributed by atoms with E-state index in [1.807, 2.05) is 19.2 Å². The molecule has 0 unspecified atom stereocenters. The van der Waals surface area contributed by atoms with Gasteiger partial charge in [-0.2, -0.15) is 0 Å². The number of methoxy groups -OCH3 is 1. The third kappa shape index (κ3) is 4.92. The Morgan fingerprint density at radius 1 is 1.14 bits per heavy atom. The van der Waals surface area contributed by atoms with Crippen LogP contribution in [0.5, 0.6) is 6.01 Å². The third-order valence-corrected chi connectivity index (χ3v) is 7.14. The first kappa shape index (κ1) is 23.4. The maximum Gasteiger partial charge on any atom is 0.316 e. The van der Waals surface area contributed by atoms with Crippen molar-refractivity contribution in [3.05, 3.63) is 36.2 Å². The van der Waals surface area contributed by atoms with Crippen LogP contribution in [0.2, 0.25) is 0 Å². The van der Waals surface area contributed by atoms with Gasteiger partial charge in [-0.05, 0) is 50.1 Å². The van der Waals surface area contributed by atoms with Gasteiger partial charge in [-0.3, -0.25) is 9.89 Å². The molecule has 184 valence electrons. The minimum Gasteiger partial charge on any atom is -0.467 e. The Labute approximate surface area is 205 Å². The summed E-state index contributed by atoms with van der Waals surface area (Å²) < 4.78 is 10.6. The minimum absolute atomic E-state index is 0.350. The van der Waals surface area contributed by atoms with Gasteiger partial charge >= 0.3 is 6.01 Å². The fourth-order valence-electron chi connectivity index (χ4n) is 5.26. The molecular formula is C26H33N7O2. The smallest absolute Gasteiger partial charge is 0.316 e. The highest BCUT2D eigenvalue weighted by Gasteiger charge is 2.28. The maximum atomic E-state index is 5.52. The van der Waals surface area contributed by atoms with Crippen LogP contribution in [0.4, 0.5) is 5.82 Å².